The van der Waals surface area contributed by atoms with E-state index in [1.54, 1.807) is 0 Å². The molecule has 0 bridgehead atoms. The standard InChI is InChI=1S/C15H15F3N4O/c1-2-8-23-12-9-11(10-6-4-3-5-7-10)13-19-20-14(15(16,17)18)22(13)21-12/h3-7,11H,2,8-9H2,1H3. The monoisotopic (exact) mass is 324 g/mol. The Balaban J connectivity index is 2.06. The van der Waals surface area contributed by atoms with Gasteiger partial charge in [-0.25, -0.2) is 0 Å². The first kappa shape index (κ1) is 15.5. The van der Waals surface area contributed by atoms with Gasteiger partial charge in [0.2, 0.25) is 5.90 Å². The van der Waals surface area contributed by atoms with Crippen LogP contribution in [0.5, 0.6) is 0 Å². The number of halogens is 3. The first-order valence-electron chi connectivity index (χ1n) is 7.28. The molecule has 0 fully saturated rings. The molecule has 0 N–H and O–H groups in total. The second-order valence-corrected chi connectivity index (χ2v) is 5.20. The van der Waals surface area contributed by atoms with Gasteiger partial charge in [0.25, 0.3) is 5.82 Å². The Morgan fingerprint density at radius 2 is 1.96 bits per heavy atom. The predicted octanol–water partition coefficient (Wildman–Crippen LogP) is 3.42. The Bertz CT molecular complexity index is 709. The highest BCUT2D eigenvalue weighted by Crippen LogP contribution is 2.35. The molecule has 23 heavy (non-hydrogen) atoms. The molecule has 5 nitrogen and oxygen atoms in total. The van der Waals surface area contributed by atoms with Gasteiger partial charge in [0.1, 0.15) is 0 Å². The molecular weight excluding hydrogens is 309 g/mol. The maximum Gasteiger partial charge on any atom is 0.453 e. The molecule has 1 atom stereocenters. The van der Waals surface area contributed by atoms with E-state index in [-0.39, 0.29) is 17.6 Å². The summed E-state index contributed by atoms with van der Waals surface area (Å²) in [6, 6.07) is 9.21. The van der Waals surface area contributed by atoms with E-state index >= 15 is 0 Å². The number of benzene rings is 1. The molecule has 1 aliphatic rings. The molecule has 1 aromatic heterocycles. The molecule has 2 aromatic rings. The minimum absolute atomic E-state index is 0.173. The summed E-state index contributed by atoms with van der Waals surface area (Å²) in [7, 11) is 0. The number of rotatable bonds is 3. The second kappa shape index (κ2) is 6.02. The van der Waals surface area contributed by atoms with Gasteiger partial charge < -0.3 is 4.74 Å². The van der Waals surface area contributed by atoms with E-state index in [4.69, 9.17) is 4.74 Å². The van der Waals surface area contributed by atoms with Gasteiger partial charge in [0, 0.05) is 6.42 Å². The Morgan fingerprint density at radius 3 is 2.61 bits per heavy atom. The zero-order chi connectivity index (χ0) is 16.4. The van der Waals surface area contributed by atoms with Crippen molar-refractivity contribution in [2.45, 2.75) is 31.9 Å². The molecule has 8 heteroatoms. The quantitative estimate of drug-likeness (QED) is 0.869. The van der Waals surface area contributed by atoms with Gasteiger partial charge in [-0.05, 0) is 12.0 Å². The normalized spacial score (nSPS) is 17.6. The van der Waals surface area contributed by atoms with Crippen LogP contribution < -0.4 is 0 Å². The highest BCUT2D eigenvalue weighted by Gasteiger charge is 2.41. The number of fused-ring (bicyclic) bond motifs is 1. The van der Waals surface area contributed by atoms with E-state index < -0.39 is 12.0 Å². The molecule has 0 spiro atoms. The average Bonchev–Trinajstić information content (AvgIpc) is 2.97. The number of hydrogen-bond acceptors (Lipinski definition) is 4. The van der Waals surface area contributed by atoms with Crippen LogP contribution >= 0.6 is 0 Å². The summed E-state index contributed by atoms with van der Waals surface area (Å²) in [5.41, 5.74) is 0.849. The topological polar surface area (TPSA) is 52.3 Å². The maximum atomic E-state index is 13.1. The Labute approximate surface area is 130 Å². The molecular formula is C15H15F3N4O. The molecule has 1 aromatic carbocycles. The molecule has 0 radical (unpaired) electrons. The van der Waals surface area contributed by atoms with E-state index in [9.17, 15) is 13.2 Å². The van der Waals surface area contributed by atoms with Gasteiger partial charge in [0.05, 0.1) is 12.5 Å². The van der Waals surface area contributed by atoms with Crippen LogP contribution in [0, 0.1) is 0 Å². The summed E-state index contributed by atoms with van der Waals surface area (Å²) in [5.74, 6) is -1.07. The van der Waals surface area contributed by atoms with Crippen LogP contribution in [-0.4, -0.2) is 27.4 Å². The molecule has 1 aliphatic heterocycles. The Hall–Kier alpha value is -2.38. The average molecular weight is 324 g/mol. The number of alkyl halides is 3. The highest BCUT2D eigenvalue weighted by molar-refractivity contribution is 5.78. The van der Waals surface area contributed by atoms with Gasteiger partial charge in [-0.3, -0.25) is 0 Å². The third kappa shape index (κ3) is 3.06. The lowest BCUT2D eigenvalue weighted by Crippen LogP contribution is -2.24. The number of hydrogen-bond donors (Lipinski definition) is 0. The zero-order valence-corrected chi connectivity index (χ0v) is 12.4. The molecule has 0 saturated carbocycles. The molecule has 122 valence electrons. The van der Waals surface area contributed by atoms with Crippen molar-refractivity contribution in [3.05, 3.63) is 47.5 Å². The second-order valence-electron chi connectivity index (χ2n) is 5.20. The minimum atomic E-state index is -4.62. The summed E-state index contributed by atoms with van der Waals surface area (Å²) < 4.78 is 45.5. The molecule has 3 rings (SSSR count). The first-order valence-corrected chi connectivity index (χ1v) is 7.28. The van der Waals surface area contributed by atoms with Crippen molar-refractivity contribution in [1.29, 1.82) is 0 Å². The van der Waals surface area contributed by atoms with Crippen molar-refractivity contribution in [2.24, 2.45) is 5.10 Å². The third-order valence-corrected chi connectivity index (χ3v) is 3.50. The van der Waals surface area contributed by atoms with Crippen LogP contribution in [0.1, 0.15) is 42.9 Å². The minimum Gasteiger partial charge on any atom is -0.480 e. The van der Waals surface area contributed by atoms with Crippen molar-refractivity contribution in [1.82, 2.24) is 14.9 Å². The van der Waals surface area contributed by atoms with Crippen molar-refractivity contribution < 1.29 is 17.9 Å². The molecule has 2 heterocycles. The van der Waals surface area contributed by atoms with Crippen LogP contribution in [0.25, 0.3) is 0 Å². The SMILES string of the molecule is CCCOC1=Nn2c(nnc2C(F)(F)F)C(c2ccccc2)C1. The van der Waals surface area contributed by atoms with Crippen molar-refractivity contribution >= 4 is 5.90 Å². The predicted molar refractivity (Wildman–Crippen MR) is 77.0 cm³/mol. The van der Waals surface area contributed by atoms with E-state index in [0.717, 1.165) is 16.7 Å². The summed E-state index contributed by atoms with van der Waals surface area (Å²) in [5, 5.41) is 11.0. The molecule has 0 saturated heterocycles. The summed E-state index contributed by atoms with van der Waals surface area (Å²) in [6.45, 7) is 2.32. The van der Waals surface area contributed by atoms with Gasteiger partial charge >= 0.3 is 6.18 Å². The number of ether oxygens (including phenoxy) is 1. The van der Waals surface area contributed by atoms with Crippen LogP contribution in [-0.2, 0) is 10.9 Å². The lowest BCUT2D eigenvalue weighted by atomic mass is 9.94. The maximum absolute atomic E-state index is 13.1. The van der Waals surface area contributed by atoms with E-state index in [1.807, 2.05) is 37.3 Å². The lowest BCUT2D eigenvalue weighted by molar-refractivity contribution is -0.147. The van der Waals surface area contributed by atoms with Crippen LogP contribution in [0.2, 0.25) is 0 Å². The Morgan fingerprint density at radius 1 is 1.22 bits per heavy atom. The summed E-state index contributed by atoms with van der Waals surface area (Å²) in [4.78, 5) is 0. The van der Waals surface area contributed by atoms with Gasteiger partial charge in [0.15, 0.2) is 5.82 Å². The fourth-order valence-electron chi connectivity index (χ4n) is 2.46. The zero-order valence-electron chi connectivity index (χ0n) is 12.4. The van der Waals surface area contributed by atoms with Gasteiger partial charge in [-0.2, -0.15) is 17.8 Å². The Kier molecular flexibility index (Phi) is 4.06. The lowest BCUT2D eigenvalue weighted by Gasteiger charge is -2.23. The first-order chi connectivity index (χ1) is 11.0. The van der Waals surface area contributed by atoms with Crippen LogP contribution in [0.3, 0.4) is 0 Å². The van der Waals surface area contributed by atoms with Crippen molar-refractivity contribution in [3.63, 3.8) is 0 Å². The van der Waals surface area contributed by atoms with Gasteiger partial charge in [-0.15, -0.1) is 15.3 Å². The number of nitrogens with zero attached hydrogens (tertiary/aromatic N) is 4. The van der Waals surface area contributed by atoms with Crippen LogP contribution in [0.4, 0.5) is 13.2 Å². The highest BCUT2D eigenvalue weighted by atomic mass is 19.4. The fourth-order valence-corrected chi connectivity index (χ4v) is 2.46. The smallest absolute Gasteiger partial charge is 0.453 e. The summed E-state index contributed by atoms with van der Waals surface area (Å²) in [6.07, 6.45) is -3.51. The largest absolute Gasteiger partial charge is 0.480 e. The molecule has 0 amide bonds. The number of aromatic nitrogens is 3. The summed E-state index contributed by atoms with van der Waals surface area (Å²) >= 11 is 0. The van der Waals surface area contributed by atoms with Crippen molar-refractivity contribution in [3.8, 4) is 0 Å². The third-order valence-electron chi connectivity index (χ3n) is 3.50. The van der Waals surface area contributed by atoms with Gasteiger partial charge in [-0.1, -0.05) is 37.3 Å². The molecule has 1 unspecified atom stereocenters. The fraction of sp³-hybridized carbons (Fsp3) is 0.400. The van der Waals surface area contributed by atoms with Crippen molar-refractivity contribution in [2.75, 3.05) is 6.61 Å². The van der Waals surface area contributed by atoms with E-state index in [1.165, 1.54) is 0 Å². The molecule has 0 aliphatic carbocycles. The van der Waals surface area contributed by atoms with E-state index in [2.05, 4.69) is 15.3 Å². The van der Waals surface area contributed by atoms with E-state index in [0.29, 0.717) is 13.0 Å². The van der Waals surface area contributed by atoms with Crippen LogP contribution in [0.15, 0.2) is 35.4 Å².